The Bertz CT molecular complexity index is 1040. The Balaban J connectivity index is 1.97. The van der Waals surface area contributed by atoms with Crippen LogP contribution in [0.15, 0.2) is 59.5 Å². The molecule has 1 fully saturated rings. The molecule has 1 aliphatic rings. The van der Waals surface area contributed by atoms with Gasteiger partial charge in [-0.25, -0.2) is 8.42 Å². The highest BCUT2D eigenvalue weighted by atomic mass is 32.2. The van der Waals surface area contributed by atoms with E-state index in [1.165, 1.54) is 35.2 Å². The van der Waals surface area contributed by atoms with Crippen LogP contribution < -0.4 is 4.31 Å². The third kappa shape index (κ3) is 5.02. The number of nitro groups is 1. The summed E-state index contributed by atoms with van der Waals surface area (Å²) in [5.41, 5.74) is -0.265. The van der Waals surface area contributed by atoms with Crippen molar-refractivity contribution in [3.8, 4) is 0 Å². The van der Waals surface area contributed by atoms with Crippen LogP contribution in [0.1, 0.15) is 25.7 Å². The van der Waals surface area contributed by atoms with Gasteiger partial charge in [0, 0.05) is 19.2 Å². The van der Waals surface area contributed by atoms with Gasteiger partial charge in [-0.1, -0.05) is 37.1 Å². The van der Waals surface area contributed by atoms with E-state index < -0.39 is 39.5 Å². The lowest BCUT2D eigenvalue weighted by Crippen LogP contribution is -2.50. The van der Waals surface area contributed by atoms with Gasteiger partial charge in [0.2, 0.25) is 5.91 Å². The van der Waals surface area contributed by atoms with Crippen molar-refractivity contribution in [3.63, 3.8) is 0 Å². The molecule has 2 unspecified atom stereocenters. The number of nitrogens with zero attached hydrogens (tertiary/aromatic N) is 3. The first-order chi connectivity index (χ1) is 14.7. The SMILES string of the molecule is CN(C(=O)CN(c1cccc([N+](=O)[O-])c1)S(=O)(=O)c1ccccc1)C1CCCCC1O. The van der Waals surface area contributed by atoms with Crippen LogP contribution in [0.3, 0.4) is 0 Å². The van der Waals surface area contributed by atoms with Crippen molar-refractivity contribution in [3.05, 3.63) is 64.7 Å². The molecule has 3 rings (SSSR count). The summed E-state index contributed by atoms with van der Waals surface area (Å²) < 4.78 is 27.6. The zero-order chi connectivity index (χ0) is 22.6. The summed E-state index contributed by atoms with van der Waals surface area (Å²) in [6, 6.07) is 12.4. The van der Waals surface area contributed by atoms with E-state index in [1.54, 1.807) is 25.2 Å². The molecule has 1 N–H and O–H groups in total. The Labute approximate surface area is 181 Å². The van der Waals surface area contributed by atoms with E-state index in [1.807, 2.05) is 0 Å². The number of rotatable bonds is 7. The van der Waals surface area contributed by atoms with E-state index in [4.69, 9.17) is 0 Å². The van der Waals surface area contributed by atoms with Crippen LogP contribution in [0.5, 0.6) is 0 Å². The fourth-order valence-corrected chi connectivity index (χ4v) is 5.19. The minimum Gasteiger partial charge on any atom is -0.391 e. The standard InChI is InChI=1S/C21H25N3O6S/c1-22(19-12-5-6-13-20(19)25)21(26)15-23(16-8-7-9-17(14-16)24(27)28)31(29,30)18-10-3-2-4-11-18/h2-4,7-11,14,19-20,25H,5-6,12-13,15H2,1H3. The highest BCUT2D eigenvalue weighted by molar-refractivity contribution is 7.92. The molecule has 10 heteroatoms. The van der Waals surface area contributed by atoms with Crippen molar-refractivity contribution in [2.75, 3.05) is 17.9 Å². The molecule has 0 saturated heterocycles. The maximum absolute atomic E-state index is 13.3. The summed E-state index contributed by atoms with van der Waals surface area (Å²) in [4.78, 5) is 25.0. The second-order valence-electron chi connectivity index (χ2n) is 7.53. The number of aliphatic hydroxyl groups is 1. The molecule has 2 aromatic rings. The zero-order valence-electron chi connectivity index (χ0n) is 17.1. The monoisotopic (exact) mass is 447 g/mol. The topological polar surface area (TPSA) is 121 Å². The number of aliphatic hydroxyl groups excluding tert-OH is 1. The zero-order valence-corrected chi connectivity index (χ0v) is 17.9. The molecule has 2 atom stereocenters. The van der Waals surface area contributed by atoms with Crippen LogP contribution in [0, 0.1) is 10.1 Å². The van der Waals surface area contributed by atoms with Crippen LogP contribution in [0.2, 0.25) is 0 Å². The summed E-state index contributed by atoms with van der Waals surface area (Å²) in [5.74, 6) is -0.503. The summed E-state index contributed by atoms with van der Waals surface area (Å²) in [7, 11) is -2.62. The first kappa shape index (κ1) is 22.7. The number of nitro benzene ring substituents is 1. The molecule has 1 saturated carbocycles. The number of sulfonamides is 1. The van der Waals surface area contributed by atoms with E-state index in [0.717, 1.165) is 23.2 Å². The molecule has 0 aromatic heterocycles. The van der Waals surface area contributed by atoms with Crippen molar-refractivity contribution in [1.82, 2.24) is 4.90 Å². The molecule has 0 spiro atoms. The van der Waals surface area contributed by atoms with Crippen LogP contribution in [-0.2, 0) is 14.8 Å². The summed E-state index contributed by atoms with van der Waals surface area (Å²) >= 11 is 0. The van der Waals surface area contributed by atoms with Gasteiger partial charge >= 0.3 is 0 Å². The summed E-state index contributed by atoms with van der Waals surface area (Å²) in [5, 5.41) is 21.5. The van der Waals surface area contributed by atoms with Gasteiger partial charge in [0.15, 0.2) is 0 Å². The number of hydrogen-bond donors (Lipinski definition) is 1. The van der Waals surface area contributed by atoms with Gasteiger partial charge in [0.25, 0.3) is 15.7 Å². The van der Waals surface area contributed by atoms with E-state index in [0.29, 0.717) is 12.8 Å². The molecule has 2 aromatic carbocycles. The number of non-ortho nitro benzene ring substituents is 1. The average Bonchev–Trinajstić information content (AvgIpc) is 2.77. The van der Waals surface area contributed by atoms with Crippen molar-refractivity contribution in [1.29, 1.82) is 0 Å². The molecule has 1 aliphatic carbocycles. The van der Waals surface area contributed by atoms with Gasteiger partial charge in [-0.2, -0.15) is 0 Å². The number of carbonyl (C=O) groups is 1. The third-order valence-corrected chi connectivity index (χ3v) is 7.31. The van der Waals surface area contributed by atoms with E-state index in [2.05, 4.69) is 0 Å². The van der Waals surface area contributed by atoms with Crippen LogP contribution in [0.25, 0.3) is 0 Å². The Morgan fingerprint density at radius 3 is 2.45 bits per heavy atom. The fourth-order valence-electron chi connectivity index (χ4n) is 3.76. The lowest BCUT2D eigenvalue weighted by atomic mass is 9.91. The minimum atomic E-state index is -4.17. The number of amides is 1. The van der Waals surface area contributed by atoms with Gasteiger partial charge in [0.1, 0.15) is 6.54 Å². The second-order valence-corrected chi connectivity index (χ2v) is 9.39. The lowest BCUT2D eigenvalue weighted by molar-refractivity contribution is -0.384. The molecule has 166 valence electrons. The minimum absolute atomic E-state index is 0.0176. The molecule has 0 bridgehead atoms. The maximum Gasteiger partial charge on any atom is 0.271 e. The Morgan fingerprint density at radius 1 is 1.13 bits per heavy atom. The molecular formula is C21H25N3O6S. The normalized spacial score (nSPS) is 18.9. The van der Waals surface area contributed by atoms with E-state index >= 15 is 0 Å². The second kappa shape index (κ2) is 9.44. The fraction of sp³-hybridized carbons (Fsp3) is 0.381. The number of carbonyl (C=O) groups excluding carboxylic acids is 1. The van der Waals surface area contributed by atoms with E-state index in [-0.39, 0.29) is 16.3 Å². The van der Waals surface area contributed by atoms with E-state index in [9.17, 15) is 28.4 Å². The quantitative estimate of drug-likeness (QED) is 0.514. The van der Waals surface area contributed by atoms with Crippen molar-refractivity contribution in [2.45, 2.75) is 42.7 Å². The molecule has 0 aliphatic heterocycles. The molecular weight excluding hydrogens is 422 g/mol. The van der Waals surface area contributed by atoms with Crippen molar-refractivity contribution in [2.24, 2.45) is 0 Å². The third-order valence-electron chi connectivity index (χ3n) is 5.52. The van der Waals surface area contributed by atoms with Gasteiger partial charge in [-0.05, 0) is 31.0 Å². The highest BCUT2D eigenvalue weighted by Crippen LogP contribution is 2.28. The predicted octanol–water partition coefficient (Wildman–Crippen LogP) is 2.55. The maximum atomic E-state index is 13.3. The number of anilines is 1. The number of likely N-dealkylation sites (N-methyl/N-ethyl adjacent to an activating group) is 1. The van der Waals surface area contributed by atoms with Crippen molar-refractivity contribution < 1.29 is 23.2 Å². The average molecular weight is 448 g/mol. The first-order valence-electron chi connectivity index (χ1n) is 9.98. The van der Waals surface area contributed by atoms with Crippen molar-refractivity contribution >= 4 is 27.3 Å². The Morgan fingerprint density at radius 2 is 1.81 bits per heavy atom. The first-order valence-corrected chi connectivity index (χ1v) is 11.4. The number of benzene rings is 2. The Kier molecular flexibility index (Phi) is 6.91. The lowest BCUT2D eigenvalue weighted by Gasteiger charge is -2.36. The molecule has 31 heavy (non-hydrogen) atoms. The predicted molar refractivity (Wildman–Crippen MR) is 115 cm³/mol. The molecule has 0 heterocycles. The highest BCUT2D eigenvalue weighted by Gasteiger charge is 2.33. The molecule has 9 nitrogen and oxygen atoms in total. The largest absolute Gasteiger partial charge is 0.391 e. The van der Waals surface area contributed by atoms with Crippen LogP contribution >= 0.6 is 0 Å². The van der Waals surface area contributed by atoms with Gasteiger partial charge in [-0.15, -0.1) is 0 Å². The summed E-state index contributed by atoms with van der Waals surface area (Å²) in [6.45, 7) is -0.544. The Hall–Kier alpha value is -2.98. The van der Waals surface area contributed by atoms with Gasteiger partial charge < -0.3 is 10.0 Å². The van der Waals surface area contributed by atoms with Crippen LogP contribution in [-0.4, -0.2) is 55.0 Å². The van der Waals surface area contributed by atoms with Crippen LogP contribution in [0.4, 0.5) is 11.4 Å². The van der Waals surface area contributed by atoms with Gasteiger partial charge in [-0.3, -0.25) is 19.2 Å². The molecule has 0 radical (unpaired) electrons. The smallest absolute Gasteiger partial charge is 0.271 e. The van der Waals surface area contributed by atoms with Gasteiger partial charge in [0.05, 0.1) is 27.7 Å². The molecule has 1 amide bonds. The number of hydrogen-bond acceptors (Lipinski definition) is 6. The summed E-state index contributed by atoms with van der Waals surface area (Å²) in [6.07, 6.45) is 2.29.